The van der Waals surface area contributed by atoms with E-state index < -0.39 is 11.9 Å². The van der Waals surface area contributed by atoms with E-state index in [0.29, 0.717) is 34.0 Å². The molecule has 5 aromatic rings. The normalized spacial score (nSPS) is 19.8. The summed E-state index contributed by atoms with van der Waals surface area (Å²) in [7, 11) is 0. The highest BCUT2D eigenvalue weighted by Gasteiger charge is 2.25. The van der Waals surface area contributed by atoms with Crippen LogP contribution in [0.5, 0.6) is 0 Å². The monoisotopic (exact) mass is 563 g/mol. The Hall–Kier alpha value is -4.83. The molecule has 0 saturated carbocycles. The van der Waals surface area contributed by atoms with Crippen molar-refractivity contribution in [3.8, 4) is 5.69 Å². The summed E-state index contributed by atoms with van der Waals surface area (Å²) in [6, 6.07) is 16.0. The summed E-state index contributed by atoms with van der Waals surface area (Å²) in [5.41, 5.74) is 8.38. The van der Waals surface area contributed by atoms with Gasteiger partial charge in [-0.3, -0.25) is 14.2 Å². The van der Waals surface area contributed by atoms with Gasteiger partial charge in [0.1, 0.15) is 11.4 Å². The number of anilines is 1. The molecule has 4 heterocycles. The topological polar surface area (TPSA) is 129 Å². The van der Waals surface area contributed by atoms with Gasteiger partial charge in [-0.1, -0.05) is 42.5 Å². The number of aromatic nitrogens is 5. The number of fused-ring (bicyclic) bond motifs is 2. The van der Waals surface area contributed by atoms with Crippen molar-refractivity contribution in [2.45, 2.75) is 51.9 Å². The van der Waals surface area contributed by atoms with Gasteiger partial charge in [0.05, 0.1) is 34.8 Å². The summed E-state index contributed by atoms with van der Waals surface area (Å²) < 4.78 is 8.92. The Morgan fingerprint density at radius 2 is 1.86 bits per heavy atom. The molecule has 6 rings (SSSR count). The first-order valence-corrected chi connectivity index (χ1v) is 14.1. The van der Waals surface area contributed by atoms with Gasteiger partial charge in [-0.15, -0.1) is 5.10 Å². The van der Waals surface area contributed by atoms with Crippen LogP contribution in [0.1, 0.15) is 61.4 Å². The van der Waals surface area contributed by atoms with Gasteiger partial charge < -0.3 is 15.8 Å². The van der Waals surface area contributed by atoms with Crippen molar-refractivity contribution < 1.29 is 9.53 Å². The SMILES string of the molecule is CC1CC(/C=C/c2cccc3nc([C@@H](C)NC(=O)c4c(N)nn5cccnc45)n(-c4ccccc4)c(=O)c23)CC(C)O1. The highest BCUT2D eigenvalue weighted by molar-refractivity contribution is 6.04. The fourth-order valence-corrected chi connectivity index (χ4v) is 5.84. The van der Waals surface area contributed by atoms with Gasteiger partial charge in [0.2, 0.25) is 0 Å². The second-order valence-electron chi connectivity index (χ2n) is 10.9. The van der Waals surface area contributed by atoms with Gasteiger partial charge in [0.15, 0.2) is 11.5 Å². The largest absolute Gasteiger partial charge is 0.381 e. The molecule has 2 unspecified atom stereocenters. The van der Waals surface area contributed by atoms with Gasteiger partial charge >= 0.3 is 0 Å². The van der Waals surface area contributed by atoms with Crippen LogP contribution in [0.15, 0.2) is 77.9 Å². The summed E-state index contributed by atoms with van der Waals surface area (Å²) in [5, 5.41) is 7.67. The number of amides is 1. The molecule has 214 valence electrons. The van der Waals surface area contributed by atoms with Crippen molar-refractivity contribution >= 4 is 34.4 Å². The zero-order valence-corrected chi connectivity index (χ0v) is 23.8. The van der Waals surface area contributed by atoms with E-state index in [1.165, 1.54) is 4.52 Å². The summed E-state index contributed by atoms with van der Waals surface area (Å²) in [4.78, 5) is 36.9. The number of allylic oxidation sites excluding steroid dienone is 1. The number of nitrogens with zero attached hydrogens (tertiary/aromatic N) is 5. The molecule has 3 aromatic heterocycles. The van der Waals surface area contributed by atoms with Crippen LogP contribution in [-0.4, -0.2) is 42.3 Å². The molecule has 0 radical (unpaired) electrons. The molecule has 1 aliphatic heterocycles. The number of carbonyl (C=O) groups excluding carboxylic acids is 1. The zero-order chi connectivity index (χ0) is 29.4. The number of hydrogen-bond acceptors (Lipinski definition) is 7. The quantitative estimate of drug-likeness (QED) is 0.306. The van der Waals surface area contributed by atoms with Crippen LogP contribution in [0.2, 0.25) is 0 Å². The third-order valence-corrected chi connectivity index (χ3v) is 7.64. The van der Waals surface area contributed by atoms with Crippen LogP contribution in [0, 0.1) is 5.92 Å². The highest BCUT2D eigenvalue weighted by atomic mass is 16.5. The van der Waals surface area contributed by atoms with E-state index in [-0.39, 0.29) is 29.1 Å². The molecule has 42 heavy (non-hydrogen) atoms. The van der Waals surface area contributed by atoms with Gasteiger partial charge in [-0.2, -0.15) is 0 Å². The maximum Gasteiger partial charge on any atom is 0.266 e. The predicted octanol–water partition coefficient (Wildman–Crippen LogP) is 4.72. The molecule has 10 nitrogen and oxygen atoms in total. The summed E-state index contributed by atoms with van der Waals surface area (Å²) in [6.07, 6.45) is 9.72. The Morgan fingerprint density at radius 3 is 2.62 bits per heavy atom. The molecule has 0 aliphatic carbocycles. The smallest absolute Gasteiger partial charge is 0.266 e. The molecule has 3 N–H and O–H groups in total. The van der Waals surface area contributed by atoms with E-state index in [9.17, 15) is 9.59 Å². The highest BCUT2D eigenvalue weighted by Crippen LogP contribution is 2.28. The molecule has 3 atom stereocenters. The van der Waals surface area contributed by atoms with Crippen LogP contribution in [0.3, 0.4) is 0 Å². The zero-order valence-electron chi connectivity index (χ0n) is 23.8. The van der Waals surface area contributed by atoms with Gasteiger partial charge in [0, 0.05) is 12.4 Å². The van der Waals surface area contributed by atoms with Crippen molar-refractivity contribution in [1.82, 2.24) is 29.5 Å². The lowest BCUT2D eigenvalue weighted by Gasteiger charge is -2.30. The number of para-hydroxylation sites is 1. The summed E-state index contributed by atoms with van der Waals surface area (Å²) in [5.74, 6) is 0.359. The number of carbonyl (C=O) groups is 1. The first-order valence-electron chi connectivity index (χ1n) is 14.1. The molecular weight excluding hydrogens is 530 g/mol. The Bertz CT molecular complexity index is 1850. The van der Waals surface area contributed by atoms with Gasteiger partial charge in [-0.05, 0) is 69.4 Å². The van der Waals surface area contributed by atoms with Crippen molar-refractivity contribution in [2.75, 3.05) is 5.73 Å². The lowest BCUT2D eigenvalue weighted by molar-refractivity contribution is -0.0434. The van der Waals surface area contributed by atoms with E-state index in [1.807, 2.05) is 54.6 Å². The maximum atomic E-state index is 14.3. The van der Waals surface area contributed by atoms with Crippen molar-refractivity contribution in [3.05, 3.63) is 100 Å². The number of rotatable bonds is 6. The second kappa shape index (κ2) is 11.2. The Labute approximate surface area is 242 Å². The number of hydrogen-bond donors (Lipinski definition) is 2. The first kappa shape index (κ1) is 27.3. The Kier molecular flexibility index (Phi) is 7.30. The minimum atomic E-state index is -0.655. The van der Waals surface area contributed by atoms with Crippen molar-refractivity contribution in [3.63, 3.8) is 0 Å². The van der Waals surface area contributed by atoms with Crippen LogP contribution in [-0.2, 0) is 4.74 Å². The molecule has 1 aliphatic rings. The van der Waals surface area contributed by atoms with E-state index >= 15 is 0 Å². The average Bonchev–Trinajstić information content (AvgIpc) is 3.31. The molecule has 1 saturated heterocycles. The lowest BCUT2D eigenvalue weighted by Crippen LogP contribution is -2.33. The van der Waals surface area contributed by atoms with E-state index in [0.717, 1.165) is 18.4 Å². The summed E-state index contributed by atoms with van der Waals surface area (Å²) >= 11 is 0. The minimum absolute atomic E-state index is 0.0649. The van der Waals surface area contributed by atoms with Crippen molar-refractivity contribution in [2.24, 2.45) is 5.92 Å². The molecule has 0 spiro atoms. The van der Waals surface area contributed by atoms with Crippen LogP contribution < -0.4 is 16.6 Å². The molecule has 2 aromatic carbocycles. The second-order valence-corrected chi connectivity index (χ2v) is 10.9. The Balaban J connectivity index is 1.42. The number of nitrogen functional groups attached to an aromatic ring is 1. The third-order valence-electron chi connectivity index (χ3n) is 7.64. The predicted molar refractivity (Wildman–Crippen MR) is 162 cm³/mol. The van der Waals surface area contributed by atoms with E-state index in [4.69, 9.17) is 15.5 Å². The fraction of sp³-hybridized carbons (Fsp3) is 0.281. The minimum Gasteiger partial charge on any atom is -0.381 e. The molecule has 10 heteroatoms. The average molecular weight is 564 g/mol. The maximum absolute atomic E-state index is 14.3. The van der Waals surface area contributed by atoms with E-state index in [1.54, 1.807) is 30.0 Å². The first-order chi connectivity index (χ1) is 20.3. The van der Waals surface area contributed by atoms with Crippen LogP contribution >= 0.6 is 0 Å². The molecule has 1 fully saturated rings. The van der Waals surface area contributed by atoms with E-state index in [2.05, 4.69) is 35.3 Å². The molecular formula is C32H33N7O3. The molecule has 0 bridgehead atoms. The lowest BCUT2D eigenvalue weighted by atomic mass is 9.91. The Morgan fingerprint density at radius 1 is 1.10 bits per heavy atom. The number of nitrogens with one attached hydrogen (secondary N) is 1. The van der Waals surface area contributed by atoms with Crippen LogP contribution in [0.4, 0.5) is 5.82 Å². The molecule has 1 amide bonds. The number of nitrogens with two attached hydrogens (primary N) is 1. The number of ether oxygens (including phenoxy) is 1. The van der Waals surface area contributed by atoms with Crippen LogP contribution in [0.25, 0.3) is 28.3 Å². The standard InChI is InChI=1S/C32H33N7O3/c1-19-17-22(18-20(2)42-19)13-14-23-9-7-12-25-26(23)32(41)39(24-10-5-4-6-11-24)29(36-25)21(3)35-31(40)27-28(33)37-38-16-8-15-34-30(27)38/h4-16,19-22H,17-18H2,1-3H3,(H2,33,37)(H,35,40)/b14-13+/t19?,20?,21-,22?/m1/s1. The van der Waals surface area contributed by atoms with Gasteiger partial charge in [0.25, 0.3) is 11.5 Å². The van der Waals surface area contributed by atoms with Gasteiger partial charge in [-0.25, -0.2) is 14.5 Å². The summed E-state index contributed by atoms with van der Waals surface area (Å²) in [6.45, 7) is 5.98. The van der Waals surface area contributed by atoms with Crippen molar-refractivity contribution in [1.29, 1.82) is 0 Å². The number of benzene rings is 2. The fourth-order valence-electron chi connectivity index (χ4n) is 5.84. The third kappa shape index (κ3) is 5.16.